The van der Waals surface area contributed by atoms with Crippen LogP contribution >= 0.6 is 0 Å². The second kappa shape index (κ2) is 6.72. The molecule has 2 atom stereocenters. The summed E-state index contributed by atoms with van der Waals surface area (Å²) < 4.78 is 37.3. The summed E-state index contributed by atoms with van der Waals surface area (Å²) in [5.41, 5.74) is 0.990. The van der Waals surface area contributed by atoms with Gasteiger partial charge in [-0.2, -0.15) is 8.42 Å². The highest BCUT2D eigenvalue weighted by Crippen LogP contribution is 2.25. The third kappa shape index (κ3) is 4.66. The molecule has 1 N–H and O–H groups in total. The van der Waals surface area contributed by atoms with Gasteiger partial charge in [0.25, 0.3) is 0 Å². The van der Waals surface area contributed by atoms with E-state index in [1.807, 2.05) is 0 Å². The van der Waals surface area contributed by atoms with Crippen LogP contribution in [0.4, 0.5) is 3.89 Å². The van der Waals surface area contributed by atoms with Gasteiger partial charge in [0.2, 0.25) is 0 Å². The number of nitrogens with zero attached hydrogens (tertiary/aromatic N) is 1. The van der Waals surface area contributed by atoms with E-state index >= 15 is 0 Å². The molecule has 2 rings (SSSR count). The van der Waals surface area contributed by atoms with Gasteiger partial charge in [0, 0.05) is 19.2 Å². The summed E-state index contributed by atoms with van der Waals surface area (Å²) in [6.45, 7) is 3.97. The first-order valence-corrected chi connectivity index (χ1v) is 8.28. The molecule has 0 bridgehead atoms. The van der Waals surface area contributed by atoms with Gasteiger partial charge >= 0.3 is 10.5 Å². The first kappa shape index (κ1) is 16.2. The summed E-state index contributed by atoms with van der Waals surface area (Å²) in [4.78, 5) is 2.28. The summed E-state index contributed by atoms with van der Waals surface area (Å²) in [5, 5.41) is 9.35. The fourth-order valence-corrected chi connectivity index (χ4v) is 3.11. The number of aliphatic hydroxyl groups is 1. The molecule has 1 saturated heterocycles. The number of hydrogen-bond donors (Lipinski definition) is 1. The first-order chi connectivity index (χ1) is 9.89. The van der Waals surface area contributed by atoms with Gasteiger partial charge in [-0.05, 0) is 49.9 Å². The Morgan fingerprint density at radius 2 is 2.05 bits per heavy atom. The SMILES string of the molecule is CC1C(CO)CCCN1Cc1ccc(OS(=O)(=O)F)cc1. The van der Waals surface area contributed by atoms with Crippen LogP contribution in [-0.4, -0.2) is 37.6 Å². The quantitative estimate of drug-likeness (QED) is 0.840. The zero-order chi connectivity index (χ0) is 15.5. The first-order valence-electron chi connectivity index (χ1n) is 6.97. The van der Waals surface area contributed by atoms with E-state index in [1.165, 1.54) is 12.1 Å². The van der Waals surface area contributed by atoms with Crippen molar-refractivity contribution in [2.45, 2.75) is 32.4 Å². The average Bonchev–Trinajstić information content (AvgIpc) is 2.42. The summed E-state index contributed by atoms with van der Waals surface area (Å²) in [6.07, 6.45) is 2.09. The molecule has 118 valence electrons. The molecule has 0 saturated carbocycles. The van der Waals surface area contributed by atoms with Gasteiger partial charge in [-0.3, -0.25) is 4.90 Å². The minimum Gasteiger partial charge on any atom is -0.396 e. The maximum atomic E-state index is 12.4. The van der Waals surface area contributed by atoms with Gasteiger partial charge < -0.3 is 9.29 Å². The summed E-state index contributed by atoms with van der Waals surface area (Å²) in [6, 6.07) is 6.60. The lowest BCUT2D eigenvalue weighted by atomic mass is 9.90. The second-order valence-electron chi connectivity index (χ2n) is 5.42. The van der Waals surface area contributed by atoms with Crippen LogP contribution in [0.3, 0.4) is 0 Å². The maximum absolute atomic E-state index is 12.4. The Balaban J connectivity index is 2.00. The van der Waals surface area contributed by atoms with Gasteiger partial charge in [0.05, 0.1) is 0 Å². The summed E-state index contributed by atoms with van der Waals surface area (Å²) in [7, 11) is -4.97. The molecule has 1 aromatic rings. The maximum Gasteiger partial charge on any atom is 0.488 e. The van der Waals surface area contributed by atoms with Crippen LogP contribution in [0.25, 0.3) is 0 Å². The van der Waals surface area contributed by atoms with Crippen molar-refractivity contribution in [2.75, 3.05) is 13.2 Å². The Labute approximate surface area is 124 Å². The van der Waals surface area contributed by atoms with E-state index in [0.717, 1.165) is 24.9 Å². The van der Waals surface area contributed by atoms with Crippen LogP contribution in [0.5, 0.6) is 5.75 Å². The topological polar surface area (TPSA) is 66.8 Å². The minimum atomic E-state index is -4.97. The van der Waals surface area contributed by atoms with Gasteiger partial charge in [0.1, 0.15) is 5.75 Å². The normalized spacial score (nSPS) is 24.0. The fraction of sp³-hybridized carbons (Fsp3) is 0.571. The van der Waals surface area contributed by atoms with Crippen molar-refractivity contribution in [3.63, 3.8) is 0 Å². The van der Waals surface area contributed by atoms with E-state index in [1.54, 1.807) is 12.1 Å². The zero-order valence-electron chi connectivity index (χ0n) is 11.9. The highest BCUT2D eigenvalue weighted by molar-refractivity contribution is 7.81. The minimum absolute atomic E-state index is 0.0406. The summed E-state index contributed by atoms with van der Waals surface area (Å²) >= 11 is 0. The number of aliphatic hydroxyl groups excluding tert-OH is 1. The Morgan fingerprint density at radius 1 is 1.38 bits per heavy atom. The number of halogens is 1. The number of rotatable bonds is 5. The lowest BCUT2D eigenvalue weighted by Gasteiger charge is -2.38. The van der Waals surface area contributed by atoms with Gasteiger partial charge in [-0.15, -0.1) is 0 Å². The monoisotopic (exact) mass is 317 g/mol. The molecular formula is C14H20FNO4S. The molecule has 1 aliphatic rings. The predicted octanol–water partition coefficient (Wildman–Crippen LogP) is 1.87. The zero-order valence-corrected chi connectivity index (χ0v) is 12.7. The van der Waals surface area contributed by atoms with E-state index in [9.17, 15) is 17.4 Å². The number of benzene rings is 1. The van der Waals surface area contributed by atoms with Gasteiger partial charge in [-0.25, -0.2) is 0 Å². The molecule has 0 aromatic heterocycles. The van der Waals surface area contributed by atoms with Crippen molar-refractivity contribution in [3.05, 3.63) is 29.8 Å². The van der Waals surface area contributed by atoms with Crippen LogP contribution in [0.2, 0.25) is 0 Å². The molecular weight excluding hydrogens is 297 g/mol. The second-order valence-corrected chi connectivity index (χ2v) is 6.37. The molecule has 2 unspecified atom stereocenters. The van der Waals surface area contributed by atoms with Crippen molar-refractivity contribution >= 4 is 10.5 Å². The van der Waals surface area contributed by atoms with E-state index < -0.39 is 10.5 Å². The molecule has 0 amide bonds. The Hall–Kier alpha value is -1.18. The Kier molecular flexibility index (Phi) is 5.18. The molecule has 5 nitrogen and oxygen atoms in total. The number of likely N-dealkylation sites (tertiary alicyclic amines) is 1. The fourth-order valence-electron chi connectivity index (χ4n) is 2.77. The molecule has 1 aromatic carbocycles. The molecule has 1 fully saturated rings. The molecule has 21 heavy (non-hydrogen) atoms. The standard InChI is InChI=1S/C14H20FNO4S/c1-11-13(10-17)3-2-8-16(11)9-12-4-6-14(7-5-12)20-21(15,18)19/h4-7,11,13,17H,2-3,8-10H2,1H3. The summed E-state index contributed by atoms with van der Waals surface area (Å²) in [5.74, 6) is 0.249. The van der Waals surface area contributed by atoms with Gasteiger partial charge in [0.15, 0.2) is 0 Å². The van der Waals surface area contributed by atoms with E-state index in [0.29, 0.717) is 12.6 Å². The van der Waals surface area contributed by atoms with Crippen molar-refractivity contribution in [2.24, 2.45) is 5.92 Å². The van der Waals surface area contributed by atoms with E-state index in [-0.39, 0.29) is 18.3 Å². The lowest BCUT2D eigenvalue weighted by Crippen LogP contribution is -2.44. The van der Waals surface area contributed by atoms with E-state index in [2.05, 4.69) is 16.0 Å². The van der Waals surface area contributed by atoms with Crippen LogP contribution in [0, 0.1) is 5.92 Å². The molecule has 0 radical (unpaired) electrons. The van der Waals surface area contributed by atoms with E-state index in [4.69, 9.17) is 0 Å². The largest absolute Gasteiger partial charge is 0.488 e. The number of piperidine rings is 1. The van der Waals surface area contributed by atoms with Crippen molar-refractivity contribution in [3.8, 4) is 5.75 Å². The average molecular weight is 317 g/mol. The Bertz CT molecular complexity index is 561. The lowest BCUT2D eigenvalue weighted by molar-refractivity contribution is 0.0606. The van der Waals surface area contributed by atoms with Gasteiger partial charge in [-0.1, -0.05) is 16.0 Å². The van der Waals surface area contributed by atoms with Crippen LogP contribution in [0.15, 0.2) is 24.3 Å². The third-order valence-electron chi connectivity index (χ3n) is 4.02. The molecule has 1 heterocycles. The van der Waals surface area contributed by atoms with Crippen molar-refractivity contribution < 1.29 is 21.6 Å². The van der Waals surface area contributed by atoms with Crippen LogP contribution in [-0.2, 0) is 17.0 Å². The van der Waals surface area contributed by atoms with Crippen LogP contribution < -0.4 is 4.18 Å². The van der Waals surface area contributed by atoms with Crippen molar-refractivity contribution in [1.82, 2.24) is 4.90 Å². The molecule has 0 spiro atoms. The molecule has 0 aliphatic carbocycles. The predicted molar refractivity (Wildman–Crippen MR) is 76.8 cm³/mol. The highest BCUT2D eigenvalue weighted by atomic mass is 32.3. The smallest absolute Gasteiger partial charge is 0.396 e. The molecule has 7 heteroatoms. The van der Waals surface area contributed by atoms with Crippen LogP contribution in [0.1, 0.15) is 25.3 Å². The Morgan fingerprint density at radius 3 is 2.62 bits per heavy atom. The molecule has 1 aliphatic heterocycles. The van der Waals surface area contributed by atoms with Crippen molar-refractivity contribution in [1.29, 1.82) is 0 Å². The number of hydrogen-bond acceptors (Lipinski definition) is 5. The highest BCUT2D eigenvalue weighted by Gasteiger charge is 2.27. The third-order valence-corrected chi connectivity index (χ3v) is 4.41.